The van der Waals surface area contributed by atoms with Gasteiger partial charge in [-0.3, -0.25) is 0 Å². The van der Waals surface area contributed by atoms with Crippen molar-refractivity contribution < 1.29 is 0 Å². The number of hydrogen-bond acceptors (Lipinski definition) is 0. The summed E-state index contributed by atoms with van der Waals surface area (Å²) in [6, 6.07) is 0. The second-order valence-electron chi connectivity index (χ2n) is 0.480. The Kier molecular flexibility index (Phi) is 6.33. The van der Waals surface area contributed by atoms with Gasteiger partial charge in [-0.1, -0.05) is 5.92 Å². The Labute approximate surface area is 78.3 Å². The molecule has 6 heavy (non-hydrogen) atoms. The average Bonchev–Trinajstić information content (AvgIpc) is 1.35. The van der Waals surface area contributed by atoms with Crippen LogP contribution in [0.4, 0.5) is 0 Å². The van der Waals surface area contributed by atoms with Gasteiger partial charge in [0.1, 0.15) is 0 Å². The maximum absolute atomic E-state index is 2.84. The Morgan fingerprint density at radius 2 is 1.83 bits per heavy atom. The van der Waals surface area contributed by atoms with Crippen LogP contribution in [0.25, 0.3) is 0 Å². The Morgan fingerprint density at radius 3 is 1.83 bits per heavy atom. The molecule has 0 fully saturated rings. The lowest BCUT2D eigenvalue weighted by Gasteiger charge is -1.74. The van der Waals surface area contributed by atoms with Gasteiger partial charge >= 0.3 is 0 Å². The van der Waals surface area contributed by atoms with E-state index in [0.717, 1.165) is 1.93 Å². The molecular formula is C3I3. The van der Waals surface area contributed by atoms with Gasteiger partial charge in [0.05, 0.1) is 0 Å². The highest BCUT2D eigenvalue weighted by atomic mass is 127. The van der Waals surface area contributed by atoms with E-state index < -0.39 is 0 Å². The Morgan fingerprint density at radius 1 is 1.33 bits per heavy atom. The van der Waals surface area contributed by atoms with Crippen molar-refractivity contribution in [2.24, 2.45) is 0 Å². The first-order valence-corrected chi connectivity index (χ1v) is 4.30. The molecule has 0 spiro atoms. The van der Waals surface area contributed by atoms with Crippen LogP contribution < -0.4 is 0 Å². The van der Waals surface area contributed by atoms with E-state index in [-0.39, 0.29) is 0 Å². The van der Waals surface area contributed by atoms with Gasteiger partial charge in [-0.2, -0.15) is 0 Å². The van der Waals surface area contributed by atoms with Crippen LogP contribution in [0.15, 0.2) is 0 Å². The molecule has 0 saturated carbocycles. The summed E-state index contributed by atoms with van der Waals surface area (Å²) in [5, 5.41) is 0. The fraction of sp³-hybridized carbons (Fsp3) is 0. The van der Waals surface area contributed by atoms with Crippen LogP contribution in [0.5, 0.6) is 0 Å². The summed E-state index contributed by atoms with van der Waals surface area (Å²) in [6.07, 6.45) is 0. The predicted octanol–water partition coefficient (Wildman–Crippen LogP) is 2.74. The molecule has 0 aliphatic heterocycles. The monoisotopic (exact) mass is 417 g/mol. The third kappa shape index (κ3) is 5.75. The molecular weight excluding hydrogens is 417 g/mol. The van der Waals surface area contributed by atoms with Crippen molar-refractivity contribution in [1.82, 2.24) is 0 Å². The van der Waals surface area contributed by atoms with E-state index in [4.69, 9.17) is 0 Å². The molecule has 0 aliphatic carbocycles. The molecule has 0 atom stereocenters. The lowest BCUT2D eigenvalue weighted by molar-refractivity contribution is 2.33. The van der Waals surface area contributed by atoms with Gasteiger partial charge in [-0.25, -0.2) is 0 Å². The number of hydrogen-bond donors (Lipinski definition) is 0. The van der Waals surface area contributed by atoms with Crippen LogP contribution in [-0.4, -0.2) is 0 Å². The van der Waals surface area contributed by atoms with Crippen LogP contribution in [-0.2, 0) is 0 Å². The lowest BCUT2D eigenvalue weighted by Crippen LogP contribution is -1.54. The molecule has 0 heterocycles. The summed E-state index contributed by atoms with van der Waals surface area (Å²) < 4.78 is 3.85. The van der Waals surface area contributed by atoms with Crippen molar-refractivity contribution >= 4 is 67.8 Å². The molecule has 0 aromatic carbocycles. The number of rotatable bonds is 0. The molecule has 0 saturated heterocycles. The van der Waals surface area contributed by atoms with Gasteiger partial charge in [0.15, 0.2) is 1.93 Å². The summed E-state index contributed by atoms with van der Waals surface area (Å²) in [5.74, 6) is 2.84. The minimum Gasteiger partial charge on any atom is -0.0601 e. The molecule has 0 aromatic rings. The summed E-state index contributed by atoms with van der Waals surface area (Å²) in [6.45, 7) is 0. The first kappa shape index (κ1) is 7.75. The normalized spacial score (nSPS) is 7.33. The third-order valence-electron chi connectivity index (χ3n) is 0.142. The van der Waals surface area contributed by atoms with Crippen molar-refractivity contribution in [3.63, 3.8) is 0 Å². The van der Waals surface area contributed by atoms with Gasteiger partial charge < -0.3 is 0 Å². The largest absolute Gasteiger partial charge is 0.168 e. The van der Waals surface area contributed by atoms with Crippen LogP contribution in [0.3, 0.4) is 0 Å². The molecule has 0 unspecified atom stereocenters. The standard InChI is InChI=1S/C3I3/c4-2-1-3(5)6. The van der Waals surface area contributed by atoms with E-state index in [2.05, 4.69) is 55.0 Å². The van der Waals surface area contributed by atoms with Crippen molar-refractivity contribution in [3.8, 4) is 9.85 Å². The molecule has 0 rings (SSSR count). The minimum absolute atomic E-state index is 1.11. The maximum atomic E-state index is 2.84. The van der Waals surface area contributed by atoms with E-state index in [1.807, 2.05) is 22.6 Å². The smallest absolute Gasteiger partial charge is 0.0601 e. The molecule has 0 aliphatic rings. The van der Waals surface area contributed by atoms with E-state index in [9.17, 15) is 0 Å². The van der Waals surface area contributed by atoms with Crippen molar-refractivity contribution in [2.75, 3.05) is 0 Å². The van der Waals surface area contributed by atoms with Crippen molar-refractivity contribution in [2.45, 2.75) is 0 Å². The molecule has 0 N–H and O–H groups in total. The molecule has 0 nitrogen and oxygen atoms in total. The molecule has 33 valence electrons. The zero-order valence-corrected chi connectivity index (χ0v) is 9.11. The van der Waals surface area contributed by atoms with Crippen LogP contribution in [0.1, 0.15) is 0 Å². The number of halogens is 3. The Bertz CT molecular complexity index is 75.8. The average molecular weight is 417 g/mol. The molecule has 3 heteroatoms. The summed E-state index contributed by atoms with van der Waals surface area (Å²) in [4.78, 5) is 0. The van der Waals surface area contributed by atoms with E-state index in [0.29, 0.717) is 0 Å². The molecule has 1 radical (unpaired) electrons. The fourth-order valence-electron chi connectivity index (χ4n) is 0.0357. The second-order valence-corrected chi connectivity index (χ2v) is 5.24. The zero-order valence-electron chi connectivity index (χ0n) is 2.63. The first-order valence-electron chi connectivity index (χ1n) is 1.07. The fourth-order valence-corrected chi connectivity index (χ4v) is 1.61. The van der Waals surface area contributed by atoms with Crippen molar-refractivity contribution in [1.29, 1.82) is 0 Å². The Balaban J connectivity index is 3.20. The summed E-state index contributed by atoms with van der Waals surface area (Å²) >= 11 is 6.35. The highest BCUT2D eigenvalue weighted by Crippen LogP contribution is 2.17. The van der Waals surface area contributed by atoms with E-state index in [1.54, 1.807) is 0 Å². The lowest BCUT2D eigenvalue weighted by atomic mass is 10.8. The second kappa shape index (κ2) is 4.90. The third-order valence-corrected chi connectivity index (χ3v) is 0.951. The minimum atomic E-state index is 1.11. The zero-order chi connectivity index (χ0) is 4.99. The van der Waals surface area contributed by atoms with Crippen molar-refractivity contribution in [3.05, 3.63) is 1.93 Å². The van der Waals surface area contributed by atoms with E-state index in [1.165, 1.54) is 0 Å². The maximum Gasteiger partial charge on any atom is 0.168 e. The van der Waals surface area contributed by atoms with Gasteiger partial charge in [0, 0.05) is 22.6 Å². The van der Waals surface area contributed by atoms with Crippen LogP contribution in [0, 0.1) is 11.8 Å². The topological polar surface area (TPSA) is 0 Å². The van der Waals surface area contributed by atoms with Gasteiger partial charge in [-0.05, 0) is 49.1 Å². The quantitative estimate of drug-likeness (QED) is 0.421. The van der Waals surface area contributed by atoms with Crippen LogP contribution >= 0.6 is 67.8 Å². The van der Waals surface area contributed by atoms with Gasteiger partial charge in [0.25, 0.3) is 0 Å². The highest BCUT2D eigenvalue weighted by molar-refractivity contribution is 14.2. The molecule has 0 amide bonds. The van der Waals surface area contributed by atoms with Gasteiger partial charge in [0.2, 0.25) is 0 Å². The molecule has 0 bridgehead atoms. The Hall–Kier alpha value is 1.75. The van der Waals surface area contributed by atoms with Crippen LogP contribution in [0.2, 0.25) is 0 Å². The SMILES string of the molecule is IC#C[C](I)I. The van der Waals surface area contributed by atoms with E-state index >= 15 is 0 Å². The summed E-state index contributed by atoms with van der Waals surface area (Å²) in [5.41, 5.74) is 0. The summed E-state index contributed by atoms with van der Waals surface area (Å²) in [7, 11) is 0. The highest BCUT2D eigenvalue weighted by Gasteiger charge is 1.84. The molecule has 0 aromatic heterocycles. The van der Waals surface area contributed by atoms with Gasteiger partial charge in [-0.15, -0.1) is 0 Å². The predicted molar refractivity (Wildman–Crippen MR) is 53.1 cm³/mol. The first-order chi connectivity index (χ1) is 2.77.